The summed E-state index contributed by atoms with van der Waals surface area (Å²) < 4.78 is 21.9. The van der Waals surface area contributed by atoms with E-state index in [1.54, 1.807) is 12.1 Å². The molecule has 1 atom stereocenters. The Morgan fingerprint density at radius 1 is 0.943 bits per heavy atom. The van der Waals surface area contributed by atoms with Gasteiger partial charge in [0.05, 0.1) is 6.26 Å². The smallest absolute Gasteiger partial charge is 0.287 e. The highest BCUT2D eigenvalue weighted by Crippen LogP contribution is 2.40. The summed E-state index contributed by atoms with van der Waals surface area (Å²) >= 11 is 0. The second-order valence-electron chi connectivity index (χ2n) is 8.87. The Kier molecular flexibility index (Phi) is 6.72. The Labute approximate surface area is 203 Å². The first-order chi connectivity index (χ1) is 17.1. The van der Waals surface area contributed by atoms with Crippen molar-refractivity contribution in [3.63, 3.8) is 0 Å². The van der Waals surface area contributed by atoms with Crippen LogP contribution in [0.1, 0.15) is 34.5 Å². The molecule has 182 valence electrons. The van der Waals surface area contributed by atoms with Gasteiger partial charge in [-0.3, -0.25) is 9.59 Å². The van der Waals surface area contributed by atoms with E-state index < -0.39 is 11.9 Å². The third-order valence-corrected chi connectivity index (χ3v) is 6.69. The summed E-state index contributed by atoms with van der Waals surface area (Å²) in [6.07, 6.45) is 3.31. The number of benzene rings is 2. The fourth-order valence-corrected chi connectivity index (χ4v) is 4.63. The standard InChI is InChI=1S/C27H28N2O6/c30-25(21(15-19-5-2-1-3-6-19)29-26(31)23-7-4-12-33-23)28-17-27(10-13-32-14-11-27)20-8-9-22-24(16-20)35-18-34-22/h1-9,12,16,21H,10-11,13-15,17-18H2,(H,28,30)(H,29,31). The quantitative estimate of drug-likeness (QED) is 0.518. The van der Waals surface area contributed by atoms with Crippen molar-refractivity contribution in [2.24, 2.45) is 0 Å². The molecule has 2 aliphatic rings. The van der Waals surface area contributed by atoms with Crippen molar-refractivity contribution in [1.82, 2.24) is 10.6 Å². The zero-order chi connectivity index (χ0) is 24.1. The Morgan fingerprint density at radius 3 is 2.51 bits per heavy atom. The molecule has 1 aromatic heterocycles. The number of rotatable bonds is 8. The molecule has 2 amide bonds. The van der Waals surface area contributed by atoms with Gasteiger partial charge in [0.1, 0.15) is 6.04 Å². The van der Waals surface area contributed by atoms with Crippen LogP contribution in [0.3, 0.4) is 0 Å². The molecule has 0 spiro atoms. The molecule has 0 radical (unpaired) electrons. The molecule has 0 aliphatic carbocycles. The Morgan fingerprint density at radius 2 is 1.74 bits per heavy atom. The normalized spacial score (nSPS) is 16.9. The first-order valence-electron chi connectivity index (χ1n) is 11.8. The minimum atomic E-state index is -0.761. The van der Waals surface area contributed by atoms with Gasteiger partial charge in [-0.05, 0) is 48.2 Å². The van der Waals surface area contributed by atoms with Crippen LogP contribution in [0.15, 0.2) is 71.3 Å². The Bertz CT molecular complexity index is 1160. The van der Waals surface area contributed by atoms with Gasteiger partial charge in [-0.15, -0.1) is 0 Å². The summed E-state index contributed by atoms with van der Waals surface area (Å²) in [6.45, 7) is 1.83. The van der Waals surface area contributed by atoms with Gasteiger partial charge < -0.3 is 29.3 Å². The highest BCUT2D eigenvalue weighted by Gasteiger charge is 2.37. The van der Waals surface area contributed by atoms with Crippen LogP contribution in [0.5, 0.6) is 11.5 Å². The van der Waals surface area contributed by atoms with Crippen molar-refractivity contribution in [2.75, 3.05) is 26.6 Å². The lowest BCUT2D eigenvalue weighted by molar-refractivity contribution is -0.123. The van der Waals surface area contributed by atoms with Crippen LogP contribution in [0.25, 0.3) is 0 Å². The number of carbonyl (C=O) groups is 2. The highest BCUT2D eigenvalue weighted by atomic mass is 16.7. The van der Waals surface area contributed by atoms with Crippen molar-refractivity contribution in [3.05, 3.63) is 83.8 Å². The van der Waals surface area contributed by atoms with E-state index in [1.807, 2.05) is 48.5 Å². The summed E-state index contributed by atoms with van der Waals surface area (Å²) in [5.74, 6) is 0.927. The van der Waals surface area contributed by atoms with Gasteiger partial charge in [-0.25, -0.2) is 0 Å². The van der Waals surface area contributed by atoms with E-state index in [0.717, 1.165) is 29.7 Å². The lowest BCUT2D eigenvalue weighted by atomic mass is 9.74. The van der Waals surface area contributed by atoms with E-state index >= 15 is 0 Å². The number of hydrogen-bond donors (Lipinski definition) is 2. The molecule has 1 unspecified atom stereocenters. The first kappa shape index (κ1) is 23.0. The number of furan rings is 1. The maximum Gasteiger partial charge on any atom is 0.287 e. The fraction of sp³-hybridized carbons (Fsp3) is 0.333. The van der Waals surface area contributed by atoms with E-state index in [1.165, 1.54) is 6.26 Å². The fourth-order valence-electron chi connectivity index (χ4n) is 4.63. The van der Waals surface area contributed by atoms with Crippen molar-refractivity contribution in [1.29, 1.82) is 0 Å². The molecule has 35 heavy (non-hydrogen) atoms. The average Bonchev–Trinajstić information content (AvgIpc) is 3.60. The maximum atomic E-state index is 13.4. The molecular formula is C27H28N2O6. The van der Waals surface area contributed by atoms with Gasteiger partial charge in [0.15, 0.2) is 17.3 Å². The molecule has 2 aliphatic heterocycles. The van der Waals surface area contributed by atoms with Crippen molar-refractivity contribution >= 4 is 11.8 Å². The molecule has 3 aromatic rings. The number of amides is 2. The van der Waals surface area contributed by atoms with E-state index in [9.17, 15) is 9.59 Å². The van der Waals surface area contributed by atoms with Crippen LogP contribution in [-0.4, -0.2) is 44.4 Å². The van der Waals surface area contributed by atoms with Gasteiger partial charge in [0.25, 0.3) is 5.91 Å². The number of ether oxygens (including phenoxy) is 3. The van der Waals surface area contributed by atoms with E-state index in [-0.39, 0.29) is 23.9 Å². The molecule has 5 rings (SSSR count). The van der Waals surface area contributed by atoms with E-state index in [4.69, 9.17) is 18.6 Å². The molecule has 8 heteroatoms. The molecule has 1 fully saturated rings. The molecule has 0 saturated carbocycles. The van der Waals surface area contributed by atoms with Crippen LogP contribution < -0.4 is 20.1 Å². The SMILES string of the molecule is O=C(NC(Cc1ccccc1)C(=O)NCC1(c2ccc3c(c2)OCO3)CCOCC1)c1ccco1. The average molecular weight is 477 g/mol. The zero-order valence-corrected chi connectivity index (χ0v) is 19.3. The predicted molar refractivity (Wildman–Crippen MR) is 127 cm³/mol. The van der Waals surface area contributed by atoms with Crippen LogP contribution in [0.2, 0.25) is 0 Å². The van der Waals surface area contributed by atoms with Crippen LogP contribution in [0.4, 0.5) is 0 Å². The summed E-state index contributed by atoms with van der Waals surface area (Å²) in [7, 11) is 0. The maximum absolute atomic E-state index is 13.4. The second-order valence-corrected chi connectivity index (χ2v) is 8.87. The lowest BCUT2D eigenvalue weighted by Crippen LogP contribution is -2.52. The van der Waals surface area contributed by atoms with Crippen molar-refractivity contribution < 1.29 is 28.2 Å². The van der Waals surface area contributed by atoms with Gasteiger partial charge in [-0.1, -0.05) is 36.4 Å². The highest BCUT2D eigenvalue weighted by molar-refractivity contribution is 5.95. The monoisotopic (exact) mass is 476 g/mol. The molecule has 0 bridgehead atoms. The topological polar surface area (TPSA) is 99.0 Å². The van der Waals surface area contributed by atoms with Crippen molar-refractivity contribution in [3.8, 4) is 11.5 Å². The predicted octanol–water partition coefficient (Wildman–Crippen LogP) is 3.21. The Balaban J connectivity index is 1.34. The van der Waals surface area contributed by atoms with E-state index in [2.05, 4.69) is 10.6 Å². The zero-order valence-electron chi connectivity index (χ0n) is 19.3. The summed E-state index contributed by atoms with van der Waals surface area (Å²) in [5, 5.41) is 5.95. The number of fused-ring (bicyclic) bond motifs is 1. The van der Waals surface area contributed by atoms with Crippen LogP contribution >= 0.6 is 0 Å². The van der Waals surface area contributed by atoms with Gasteiger partial charge >= 0.3 is 0 Å². The van der Waals surface area contributed by atoms with Gasteiger partial charge in [-0.2, -0.15) is 0 Å². The minimum Gasteiger partial charge on any atom is -0.459 e. The third-order valence-electron chi connectivity index (χ3n) is 6.69. The summed E-state index contributed by atoms with van der Waals surface area (Å²) in [6, 6.07) is 18.0. The van der Waals surface area contributed by atoms with Crippen LogP contribution in [-0.2, 0) is 21.4 Å². The lowest BCUT2D eigenvalue weighted by Gasteiger charge is -2.38. The molecule has 8 nitrogen and oxygen atoms in total. The molecule has 2 N–H and O–H groups in total. The molecular weight excluding hydrogens is 448 g/mol. The van der Waals surface area contributed by atoms with Gasteiger partial charge in [0, 0.05) is 31.6 Å². The number of nitrogens with one attached hydrogen (secondary N) is 2. The van der Waals surface area contributed by atoms with E-state index in [0.29, 0.717) is 31.9 Å². The molecule has 2 aromatic carbocycles. The largest absolute Gasteiger partial charge is 0.459 e. The van der Waals surface area contributed by atoms with Crippen LogP contribution in [0, 0.1) is 0 Å². The molecule has 1 saturated heterocycles. The first-order valence-corrected chi connectivity index (χ1v) is 11.8. The minimum absolute atomic E-state index is 0.164. The summed E-state index contributed by atoms with van der Waals surface area (Å²) in [5.41, 5.74) is 1.71. The second kappa shape index (κ2) is 10.2. The summed E-state index contributed by atoms with van der Waals surface area (Å²) in [4.78, 5) is 26.1. The number of hydrogen-bond acceptors (Lipinski definition) is 6. The van der Waals surface area contributed by atoms with Crippen molar-refractivity contribution in [2.45, 2.75) is 30.7 Å². The third kappa shape index (κ3) is 5.17. The molecule has 3 heterocycles. The van der Waals surface area contributed by atoms with Gasteiger partial charge in [0.2, 0.25) is 12.7 Å². The Hall–Kier alpha value is -3.78. The number of carbonyl (C=O) groups excluding carboxylic acids is 2.